The van der Waals surface area contributed by atoms with Crippen LogP contribution in [0.15, 0.2) is 30.3 Å². The van der Waals surface area contributed by atoms with Crippen molar-refractivity contribution in [2.45, 2.75) is 10.4 Å². The van der Waals surface area contributed by atoms with Crippen molar-refractivity contribution in [2.75, 3.05) is 13.6 Å². The zero-order valence-corrected chi connectivity index (χ0v) is 10.2. The van der Waals surface area contributed by atoms with Crippen molar-refractivity contribution in [3.05, 3.63) is 35.9 Å². The predicted octanol–water partition coefficient (Wildman–Crippen LogP) is 1.58. The second kappa shape index (κ2) is 5.59. The van der Waals surface area contributed by atoms with Crippen LogP contribution in [0, 0.1) is 0 Å². The number of hydrogen-bond acceptors (Lipinski definition) is 1. The summed E-state index contributed by atoms with van der Waals surface area (Å²) in [7, 11) is 2.02. The summed E-state index contributed by atoms with van der Waals surface area (Å²) in [6.45, 7) is 1.09. The van der Waals surface area contributed by atoms with E-state index in [9.17, 15) is 0 Å². The Hall–Kier alpha value is -0.0213. The standard InChI is InChI=1S/C10H14N.Sn/c1-9(8-11-2)10-6-4-3-5-7-10;/h3-7,9,11H,1,8H2,2H3;. The van der Waals surface area contributed by atoms with Gasteiger partial charge in [-0.2, -0.15) is 0 Å². The van der Waals surface area contributed by atoms with Crippen molar-refractivity contribution in [3.8, 4) is 0 Å². The van der Waals surface area contributed by atoms with E-state index in [2.05, 4.69) is 35.6 Å². The molecule has 0 aliphatic heterocycles. The summed E-state index contributed by atoms with van der Waals surface area (Å²) >= 11 is 1.62. The summed E-state index contributed by atoms with van der Waals surface area (Å²) < 4.78 is 1.29. The van der Waals surface area contributed by atoms with Crippen LogP contribution in [0.5, 0.6) is 0 Å². The van der Waals surface area contributed by atoms with E-state index < -0.39 is 0 Å². The van der Waals surface area contributed by atoms with Crippen LogP contribution >= 0.6 is 0 Å². The third kappa shape index (κ3) is 2.79. The normalized spacial score (nSPS) is 12.8. The molecule has 1 aromatic carbocycles. The molecule has 12 heavy (non-hydrogen) atoms. The molecular formula is C10H14NSn. The number of nitrogens with one attached hydrogen (secondary N) is 1. The van der Waals surface area contributed by atoms with Gasteiger partial charge in [-0.1, -0.05) is 0 Å². The molecular weight excluding hydrogens is 253 g/mol. The Morgan fingerprint density at radius 2 is 2.00 bits per heavy atom. The van der Waals surface area contributed by atoms with Crippen LogP contribution in [0.1, 0.15) is 11.5 Å². The Morgan fingerprint density at radius 1 is 1.33 bits per heavy atom. The van der Waals surface area contributed by atoms with Crippen LogP contribution in [0.3, 0.4) is 0 Å². The summed E-state index contributed by atoms with van der Waals surface area (Å²) in [5.74, 6) is 0.703. The molecule has 1 rings (SSSR count). The monoisotopic (exact) mass is 268 g/mol. The van der Waals surface area contributed by atoms with E-state index >= 15 is 0 Å². The first kappa shape index (κ1) is 10.1. The van der Waals surface area contributed by atoms with Crippen LogP contribution in [-0.4, -0.2) is 36.1 Å². The quantitative estimate of drug-likeness (QED) is 0.816. The van der Waals surface area contributed by atoms with E-state index in [0.29, 0.717) is 5.92 Å². The van der Waals surface area contributed by atoms with Gasteiger partial charge in [-0.25, -0.2) is 0 Å². The Kier molecular flexibility index (Phi) is 4.69. The summed E-state index contributed by atoms with van der Waals surface area (Å²) in [5.41, 5.74) is 1.46. The third-order valence-corrected chi connectivity index (χ3v) is 3.37. The average molecular weight is 267 g/mol. The zero-order chi connectivity index (χ0) is 8.81. The van der Waals surface area contributed by atoms with E-state index in [-0.39, 0.29) is 0 Å². The molecule has 1 aromatic rings. The Labute approximate surface area is 87.6 Å². The molecule has 2 heteroatoms. The summed E-state index contributed by atoms with van der Waals surface area (Å²) in [5, 5.41) is 3.23. The van der Waals surface area contributed by atoms with Crippen molar-refractivity contribution < 1.29 is 0 Å². The fourth-order valence-electron chi connectivity index (χ4n) is 1.28. The first-order chi connectivity index (χ1) is 5.88. The molecule has 1 N–H and O–H groups in total. The van der Waals surface area contributed by atoms with Crippen molar-refractivity contribution in [1.29, 1.82) is 0 Å². The van der Waals surface area contributed by atoms with Crippen molar-refractivity contribution >= 4 is 22.5 Å². The van der Waals surface area contributed by atoms with E-state index in [4.69, 9.17) is 0 Å². The van der Waals surface area contributed by atoms with Gasteiger partial charge < -0.3 is 0 Å². The molecule has 0 aromatic heterocycles. The molecule has 0 heterocycles. The Balaban J connectivity index is 2.66. The van der Waals surface area contributed by atoms with Gasteiger partial charge in [-0.15, -0.1) is 0 Å². The molecule has 0 bridgehead atoms. The maximum absolute atomic E-state index is 3.23. The molecule has 3 radical (unpaired) electrons. The molecule has 0 amide bonds. The van der Waals surface area contributed by atoms with Gasteiger partial charge in [0.2, 0.25) is 0 Å². The fraction of sp³-hybridized carbons (Fsp3) is 0.400. The number of likely N-dealkylation sites (N-methyl/N-ethyl adjacent to an activating group) is 1. The van der Waals surface area contributed by atoms with Crippen LogP contribution in [0.25, 0.3) is 0 Å². The van der Waals surface area contributed by atoms with Crippen LogP contribution in [0.2, 0.25) is 4.44 Å². The zero-order valence-electron chi connectivity index (χ0n) is 7.38. The second-order valence-electron chi connectivity index (χ2n) is 2.87. The summed E-state index contributed by atoms with van der Waals surface area (Å²) in [6, 6.07) is 10.7. The molecule has 1 nitrogen and oxygen atoms in total. The molecule has 1 atom stereocenters. The van der Waals surface area contributed by atoms with Crippen molar-refractivity contribution in [1.82, 2.24) is 5.32 Å². The number of hydrogen-bond donors (Lipinski definition) is 1. The number of rotatable bonds is 4. The molecule has 0 aliphatic rings. The van der Waals surface area contributed by atoms with Gasteiger partial charge in [-0.3, -0.25) is 0 Å². The number of benzene rings is 1. The topological polar surface area (TPSA) is 12.0 Å². The Morgan fingerprint density at radius 3 is 2.50 bits per heavy atom. The second-order valence-corrected chi connectivity index (χ2v) is 4.03. The first-order valence-corrected chi connectivity index (χ1v) is 6.24. The summed E-state index contributed by atoms with van der Waals surface area (Å²) in [6.07, 6.45) is 0. The van der Waals surface area contributed by atoms with Gasteiger partial charge in [0, 0.05) is 0 Å². The minimum atomic E-state index is 0.703. The molecule has 0 saturated carbocycles. The van der Waals surface area contributed by atoms with Crippen LogP contribution in [0.4, 0.5) is 0 Å². The van der Waals surface area contributed by atoms with Gasteiger partial charge >= 0.3 is 87.7 Å². The molecule has 1 unspecified atom stereocenters. The van der Waals surface area contributed by atoms with E-state index in [1.165, 1.54) is 10.0 Å². The average Bonchev–Trinajstić information content (AvgIpc) is 2.15. The minimum absolute atomic E-state index is 0.703. The van der Waals surface area contributed by atoms with Gasteiger partial charge in [0.25, 0.3) is 0 Å². The molecule has 0 spiro atoms. The van der Waals surface area contributed by atoms with E-state index in [1.807, 2.05) is 7.05 Å². The third-order valence-electron chi connectivity index (χ3n) is 1.97. The predicted molar refractivity (Wildman–Crippen MR) is 53.7 cm³/mol. The van der Waals surface area contributed by atoms with Crippen LogP contribution < -0.4 is 5.32 Å². The van der Waals surface area contributed by atoms with Gasteiger partial charge in [0.15, 0.2) is 0 Å². The SMILES string of the molecule is CNCC([CH2][Sn])c1ccccc1. The van der Waals surface area contributed by atoms with Gasteiger partial charge in [-0.05, 0) is 0 Å². The molecule has 0 fully saturated rings. The van der Waals surface area contributed by atoms with E-state index in [0.717, 1.165) is 6.54 Å². The summed E-state index contributed by atoms with van der Waals surface area (Å²) in [4.78, 5) is 0. The fourth-order valence-corrected chi connectivity index (χ4v) is 2.36. The Bertz CT molecular complexity index is 210. The maximum atomic E-state index is 3.23. The van der Waals surface area contributed by atoms with Crippen molar-refractivity contribution in [3.63, 3.8) is 0 Å². The van der Waals surface area contributed by atoms with Crippen LogP contribution in [-0.2, 0) is 0 Å². The first-order valence-electron chi connectivity index (χ1n) is 4.22. The van der Waals surface area contributed by atoms with Gasteiger partial charge in [0.1, 0.15) is 0 Å². The van der Waals surface area contributed by atoms with Gasteiger partial charge in [0.05, 0.1) is 0 Å². The molecule has 0 saturated heterocycles. The van der Waals surface area contributed by atoms with E-state index in [1.54, 1.807) is 22.5 Å². The van der Waals surface area contributed by atoms with Crippen molar-refractivity contribution in [2.24, 2.45) is 0 Å². The molecule has 63 valence electrons. The molecule has 0 aliphatic carbocycles.